The predicted octanol–water partition coefficient (Wildman–Crippen LogP) is 0.854. The molecule has 6 heteroatoms. The highest BCUT2D eigenvalue weighted by molar-refractivity contribution is 5.76. The van der Waals surface area contributed by atoms with Crippen LogP contribution < -0.4 is 5.73 Å². The Kier molecular flexibility index (Phi) is 8.01. The van der Waals surface area contributed by atoms with Crippen LogP contribution in [-0.2, 0) is 9.53 Å². The number of amides is 1. The molecule has 0 aliphatic heterocycles. The van der Waals surface area contributed by atoms with Crippen LogP contribution in [0.4, 0.5) is 8.78 Å². The van der Waals surface area contributed by atoms with Crippen molar-refractivity contribution in [3.05, 3.63) is 0 Å². The van der Waals surface area contributed by atoms with Crippen LogP contribution >= 0.6 is 0 Å². The Hall–Kier alpha value is -0.750. The molecule has 0 aliphatic rings. The zero-order chi connectivity index (χ0) is 12.6. The fourth-order valence-electron chi connectivity index (χ4n) is 1.19. The largest absolute Gasteiger partial charge is 0.375 e. The van der Waals surface area contributed by atoms with Gasteiger partial charge >= 0.3 is 0 Å². The first-order valence-corrected chi connectivity index (χ1v) is 5.30. The number of ether oxygens (including phenoxy) is 1. The third-order valence-electron chi connectivity index (χ3n) is 2.34. The molecule has 0 fully saturated rings. The highest BCUT2D eigenvalue weighted by atomic mass is 19.3. The van der Waals surface area contributed by atoms with Gasteiger partial charge in [0.25, 0.3) is 6.43 Å². The van der Waals surface area contributed by atoms with Crippen LogP contribution in [0.5, 0.6) is 0 Å². The van der Waals surface area contributed by atoms with Crippen LogP contribution in [0.1, 0.15) is 19.8 Å². The Labute approximate surface area is 94.7 Å². The van der Waals surface area contributed by atoms with Crippen LogP contribution in [-0.4, -0.2) is 50.1 Å². The predicted molar refractivity (Wildman–Crippen MR) is 57.3 cm³/mol. The number of hydrogen-bond donors (Lipinski definition) is 1. The summed E-state index contributed by atoms with van der Waals surface area (Å²) in [5.74, 6) is -0.116. The van der Waals surface area contributed by atoms with Gasteiger partial charge in [-0.3, -0.25) is 4.79 Å². The first-order valence-electron chi connectivity index (χ1n) is 5.30. The summed E-state index contributed by atoms with van der Waals surface area (Å²) in [5, 5.41) is 0. The van der Waals surface area contributed by atoms with E-state index in [1.165, 1.54) is 0 Å². The van der Waals surface area contributed by atoms with E-state index in [0.29, 0.717) is 6.54 Å². The number of hydrogen-bond acceptors (Lipinski definition) is 3. The minimum Gasteiger partial charge on any atom is -0.375 e. The van der Waals surface area contributed by atoms with Gasteiger partial charge in [0.15, 0.2) is 0 Å². The van der Waals surface area contributed by atoms with Crippen LogP contribution in [0.3, 0.4) is 0 Å². The van der Waals surface area contributed by atoms with Crippen molar-refractivity contribution in [2.24, 2.45) is 5.73 Å². The van der Waals surface area contributed by atoms with Crippen molar-refractivity contribution < 1.29 is 18.3 Å². The highest BCUT2D eigenvalue weighted by Crippen LogP contribution is 2.03. The van der Waals surface area contributed by atoms with Gasteiger partial charge in [0.05, 0.1) is 13.0 Å². The van der Waals surface area contributed by atoms with E-state index in [1.807, 2.05) is 6.92 Å². The molecule has 0 bridgehead atoms. The lowest BCUT2D eigenvalue weighted by atomic mass is 10.2. The molecule has 0 rings (SSSR count). The molecule has 4 nitrogen and oxygen atoms in total. The molecule has 1 atom stereocenters. The number of carbonyl (C=O) groups excluding carboxylic acids is 1. The lowest BCUT2D eigenvalue weighted by Crippen LogP contribution is -2.36. The lowest BCUT2D eigenvalue weighted by Gasteiger charge is -2.24. The van der Waals surface area contributed by atoms with Crippen molar-refractivity contribution in [2.75, 3.05) is 26.8 Å². The molecular weight excluding hydrogens is 218 g/mol. The number of rotatable bonds is 8. The average Bonchev–Trinajstić information content (AvgIpc) is 2.23. The summed E-state index contributed by atoms with van der Waals surface area (Å²) in [7, 11) is 1.68. The average molecular weight is 238 g/mol. The van der Waals surface area contributed by atoms with Crippen LogP contribution in [0, 0.1) is 0 Å². The summed E-state index contributed by atoms with van der Waals surface area (Å²) >= 11 is 0. The van der Waals surface area contributed by atoms with Gasteiger partial charge in [0.1, 0.15) is 6.61 Å². The normalized spacial score (nSPS) is 12.9. The van der Waals surface area contributed by atoms with Crippen molar-refractivity contribution in [2.45, 2.75) is 32.2 Å². The monoisotopic (exact) mass is 238 g/mol. The second-order valence-electron chi connectivity index (χ2n) is 3.65. The van der Waals surface area contributed by atoms with Gasteiger partial charge in [-0.25, -0.2) is 8.78 Å². The number of nitrogens with two attached hydrogens (primary N) is 1. The van der Waals surface area contributed by atoms with Crippen LogP contribution in [0.15, 0.2) is 0 Å². The molecule has 96 valence electrons. The van der Waals surface area contributed by atoms with Crippen LogP contribution in [0.25, 0.3) is 0 Å². The van der Waals surface area contributed by atoms with Gasteiger partial charge in [0, 0.05) is 13.1 Å². The van der Waals surface area contributed by atoms with E-state index in [-0.39, 0.29) is 25.0 Å². The van der Waals surface area contributed by atoms with Gasteiger partial charge < -0.3 is 15.4 Å². The minimum atomic E-state index is -2.48. The quantitative estimate of drug-likeness (QED) is 0.638. The Balaban J connectivity index is 3.70. The Bertz CT molecular complexity index is 203. The second kappa shape index (κ2) is 8.41. The molecule has 2 N–H and O–H groups in total. The molecule has 0 heterocycles. The van der Waals surface area contributed by atoms with Gasteiger partial charge in [-0.05, 0) is 19.9 Å². The SMILES string of the molecule is CC(CCN)N(C)C(=O)CCOCC(F)F. The topological polar surface area (TPSA) is 55.6 Å². The summed E-state index contributed by atoms with van der Waals surface area (Å²) < 4.78 is 28.1. The zero-order valence-corrected chi connectivity index (χ0v) is 9.79. The molecule has 1 amide bonds. The fraction of sp³-hybridized carbons (Fsp3) is 0.900. The van der Waals surface area contributed by atoms with Crippen molar-refractivity contribution in [1.82, 2.24) is 4.90 Å². The second-order valence-corrected chi connectivity index (χ2v) is 3.65. The molecule has 0 spiro atoms. The van der Waals surface area contributed by atoms with Gasteiger partial charge in [-0.2, -0.15) is 0 Å². The van der Waals surface area contributed by atoms with E-state index >= 15 is 0 Å². The molecule has 0 aromatic carbocycles. The molecule has 1 unspecified atom stereocenters. The smallest absolute Gasteiger partial charge is 0.261 e. The molecule has 0 aliphatic carbocycles. The third kappa shape index (κ3) is 6.68. The first kappa shape index (κ1) is 15.2. The van der Waals surface area contributed by atoms with E-state index in [0.717, 1.165) is 6.42 Å². The van der Waals surface area contributed by atoms with E-state index in [2.05, 4.69) is 4.74 Å². The van der Waals surface area contributed by atoms with E-state index in [9.17, 15) is 13.6 Å². The van der Waals surface area contributed by atoms with Crippen LogP contribution in [0.2, 0.25) is 0 Å². The molecule has 0 saturated carbocycles. The van der Waals surface area contributed by atoms with Crippen molar-refractivity contribution >= 4 is 5.91 Å². The zero-order valence-electron chi connectivity index (χ0n) is 9.79. The Morgan fingerprint density at radius 3 is 2.62 bits per heavy atom. The highest BCUT2D eigenvalue weighted by Gasteiger charge is 2.14. The molecule has 16 heavy (non-hydrogen) atoms. The minimum absolute atomic E-state index is 0.0306. The molecular formula is C10H20F2N2O2. The third-order valence-corrected chi connectivity index (χ3v) is 2.34. The number of nitrogens with zero attached hydrogens (tertiary/aromatic N) is 1. The summed E-state index contributed by atoms with van der Waals surface area (Å²) in [6, 6.07) is 0.0626. The van der Waals surface area contributed by atoms with E-state index in [4.69, 9.17) is 5.73 Å². The fourth-order valence-corrected chi connectivity index (χ4v) is 1.19. The standard InChI is InChI=1S/C10H20F2N2O2/c1-8(3-5-13)14(2)10(15)4-6-16-7-9(11)12/h8-9H,3-7,13H2,1-2H3. The van der Waals surface area contributed by atoms with Gasteiger partial charge in [-0.15, -0.1) is 0 Å². The van der Waals surface area contributed by atoms with Crippen molar-refractivity contribution in [3.8, 4) is 0 Å². The maximum Gasteiger partial charge on any atom is 0.261 e. The van der Waals surface area contributed by atoms with Gasteiger partial charge in [0.2, 0.25) is 5.91 Å². The van der Waals surface area contributed by atoms with E-state index in [1.54, 1.807) is 11.9 Å². The molecule has 0 radical (unpaired) electrons. The maximum absolute atomic E-state index is 11.7. The van der Waals surface area contributed by atoms with Crippen molar-refractivity contribution in [3.63, 3.8) is 0 Å². The Morgan fingerprint density at radius 2 is 2.12 bits per heavy atom. The summed E-state index contributed by atoms with van der Waals surface area (Å²) in [5.41, 5.74) is 5.38. The summed E-state index contributed by atoms with van der Waals surface area (Å²) in [6.07, 6.45) is -1.64. The molecule has 0 aromatic heterocycles. The molecule has 0 aromatic rings. The summed E-state index contributed by atoms with van der Waals surface area (Å²) in [4.78, 5) is 13.1. The lowest BCUT2D eigenvalue weighted by molar-refractivity contribution is -0.133. The van der Waals surface area contributed by atoms with E-state index < -0.39 is 13.0 Å². The number of halogens is 2. The van der Waals surface area contributed by atoms with Crippen molar-refractivity contribution in [1.29, 1.82) is 0 Å². The molecule has 0 saturated heterocycles. The summed E-state index contributed by atoms with van der Waals surface area (Å²) in [6.45, 7) is 1.82. The Morgan fingerprint density at radius 1 is 1.50 bits per heavy atom. The first-order chi connectivity index (χ1) is 7.49. The number of carbonyl (C=O) groups is 1. The van der Waals surface area contributed by atoms with Gasteiger partial charge in [-0.1, -0.05) is 0 Å². The number of alkyl halides is 2. The maximum atomic E-state index is 11.7.